The molecule has 0 atom stereocenters. The molecule has 0 fully saturated rings. The Morgan fingerprint density at radius 2 is 2.31 bits per heavy atom. The summed E-state index contributed by atoms with van der Waals surface area (Å²) in [5.41, 5.74) is 0.240. The van der Waals surface area contributed by atoms with Crippen LogP contribution in [-0.2, 0) is 0 Å². The molecular weight excluding hydrogens is 191 g/mol. The molecule has 0 aliphatic carbocycles. The van der Waals surface area contributed by atoms with Gasteiger partial charge in [0.15, 0.2) is 0 Å². The number of carboxylic acid groups (broad SMARTS) is 1. The second kappa shape index (κ2) is 4.87. The van der Waals surface area contributed by atoms with E-state index in [9.17, 15) is 9.18 Å². The van der Waals surface area contributed by atoms with Crippen molar-refractivity contribution >= 4 is 17.7 Å². The van der Waals surface area contributed by atoms with Crippen molar-refractivity contribution in [3.8, 4) is 0 Å². The Bertz CT molecular complexity index is 301. The quantitative estimate of drug-likeness (QED) is 0.758. The molecule has 1 rings (SSSR count). The average molecular weight is 200 g/mol. The summed E-state index contributed by atoms with van der Waals surface area (Å²) in [6.45, 7) is -0.401. The Kier molecular flexibility index (Phi) is 3.76. The third-order valence-corrected chi connectivity index (χ3v) is 2.37. The fraction of sp³-hybridized carbons (Fsp3) is 0.222. The van der Waals surface area contributed by atoms with Gasteiger partial charge in [0.25, 0.3) is 0 Å². The zero-order chi connectivity index (χ0) is 9.68. The minimum atomic E-state index is -0.956. The van der Waals surface area contributed by atoms with Crippen molar-refractivity contribution in [3.63, 3.8) is 0 Å². The molecule has 1 aromatic rings. The molecule has 0 amide bonds. The summed E-state index contributed by atoms with van der Waals surface area (Å²) in [4.78, 5) is 11.3. The predicted molar refractivity (Wildman–Crippen MR) is 50.1 cm³/mol. The summed E-state index contributed by atoms with van der Waals surface area (Å²) in [7, 11) is 0. The van der Waals surface area contributed by atoms with Crippen LogP contribution in [0.15, 0.2) is 29.2 Å². The summed E-state index contributed by atoms with van der Waals surface area (Å²) in [6, 6.07) is 6.49. The predicted octanol–water partition coefficient (Wildman–Crippen LogP) is 2.45. The lowest BCUT2D eigenvalue weighted by Gasteiger charge is -1.99. The third-order valence-electron chi connectivity index (χ3n) is 1.43. The molecule has 0 spiro atoms. The van der Waals surface area contributed by atoms with Gasteiger partial charge in [0.05, 0.1) is 12.2 Å². The first-order valence-corrected chi connectivity index (χ1v) is 4.74. The number of benzene rings is 1. The average Bonchev–Trinajstić information content (AvgIpc) is 2.15. The number of alkyl halides is 1. The van der Waals surface area contributed by atoms with E-state index in [1.807, 2.05) is 0 Å². The van der Waals surface area contributed by atoms with E-state index in [-0.39, 0.29) is 5.56 Å². The molecule has 0 saturated heterocycles. The number of hydrogen-bond acceptors (Lipinski definition) is 2. The van der Waals surface area contributed by atoms with Gasteiger partial charge < -0.3 is 5.11 Å². The Hall–Kier alpha value is -1.03. The number of halogens is 1. The van der Waals surface area contributed by atoms with Gasteiger partial charge in [-0.25, -0.2) is 4.79 Å². The van der Waals surface area contributed by atoms with Crippen LogP contribution in [0.3, 0.4) is 0 Å². The van der Waals surface area contributed by atoms with Gasteiger partial charge in [-0.05, 0) is 18.2 Å². The number of thioether (sulfide) groups is 1. The number of rotatable bonds is 4. The van der Waals surface area contributed by atoms with Crippen molar-refractivity contribution in [1.29, 1.82) is 0 Å². The van der Waals surface area contributed by atoms with Crippen LogP contribution in [0.25, 0.3) is 0 Å². The van der Waals surface area contributed by atoms with Crippen LogP contribution < -0.4 is 0 Å². The Balaban J connectivity index is 2.73. The van der Waals surface area contributed by atoms with Crippen molar-refractivity contribution in [1.82, 2.24) is 0 Å². The maximum absolute atomic E-state index is 11.8. The van der Waals surface area contributed by atoms with Gasteiger partial charge in [-0.3, -0.25) is 4.39 Å². The second-order valence-electron chi connectivity index (χ2n) is 2.37. The highest BCUT2D eigenvalue weighted by molar-refractivity contribution is 7.99. The largest absolute Gasteiger partial charge is 0.478 e. The van der Waals surface area contributed by atoms with Gasteiger partial charge in [0.2, 0.25) is 0 Å². The summed E-state index contributed by atoms with van der Waals surface area (Å²) in [5, 5.41) is 8.65. The van der Waals surface area contributed by atoms with E-state index in [0.29, 0.717) is 5.75 Å². The van der Waals surface area contributed by atoms with E-state index < -0.39 is 12.6 Å². The number of carboxylic acids is 1. The molecule has 13 heavy (non-hydrogen) atoms. The first kappa shape index (κ1) is 10.1. The molecule has 1 aromatic carbocycles. The molecule has 4 heteroatoms. The number of hydrogen-bond donors (Lipinski definition) is 1. The summed E-state index contributed by atoms with van der Waals surface area (Å²) in [6.07, 6.45) is 0. The Morgan fingerprint density at radius 1 is 1.54 bits per heavy atom. The van der Waals surface area contributed by atoms with Crippen LogP contribution in [-0.4, -0.2) is 23.5 Å². The molecule has 0 heterocycles. The van der Waals surface area contributed by atoms with E-state index in [4.69, 9.17) is 5.11 Å². The molecule has 0 radical (unpaired) electrons. The van der Waals surface area contributed by atoms with Crippen LogP contribution in [0, 0.1) is 0 Å². The SMILES string of the molecule is O=C(O)c1cccc(SCCF)c1. The lowest BCUT2D eigenvalue weighted by atomic mass is 10.2. The topological polar surface area (TPSA) is 37.3 Å². The molecule has 0 bridgehead atoms. The first-order valence-electron chi connectivity index (χ1n) is 3.76. The van der Waals surface area contributed by atoms with E-state index in [1.165, 1.54) is 17.8 Å². The minimum absolute atomic E-state index is 0.240. The van der Waals surface area contributed by atoms with E-state index in [1.54, 1.807) is 18.2 Å². The maximum Gasteiger partial charge on any atom is 0.335 e. The van der Waals surface area contributed by atoms with E-state index >= 15 is 0 Å². The summed E-state index contributed by atoms with van der Waals surface area (Å²) >= 11 is 1.31. The van der Waals surface area contributed by atoms with E-state index in [2.05, 4.69) is 0 Å². The van der Waals surface area contributed by atoms with Crippen LogP contribution in [0.4, 0.5) is 4.39 Å². The lowest BCUT2D eigenvalue weighted by molar-refractivity contribution is 0.0696. The standard InChI is InChI=1S/C9H9FO2S/c10-4-5-13-8-3-1-2-7(6-8)9(11)12/h1-3,6H,4-5H2,(H,11,12). The Morgan fingerprint density at radius 3 is 2.92 bits per heavy atom. The zero-order valence-corrected chi connectivity index (χ0v) is 7.68. The lowest BCUT2D eigenvalue weighted by Crippen LogP contribution is -1.95. The molecule has 70 valence electrons. The first-order chi connectivity index (χ1) is 6.24. The monoisotopic (exact) mass is 200 g/mol. The number of aromatic carboxylic acids is 1. The zero-order valence-electron chi connectivity index (χ0n) is 6.87. The van der Waals surface area contributed by atoms with Crippen molar-refractivity contribution in [2.75, 3.05) is 12.4 Å². The van der Waals surface area contributed by atoms with E-state index in [0.717, 1.165) is 4.90 Å². The fourth-order valence-electron chi connectivity index (χ4n) is 0.875. The molecular formula is C9H9FO2S. The minimum Gasteiger partial charge on any atom is -0.478 e. The smallest absolute Gasteiger partial charge is 0.335 e. The van der Waals surface area contributed by atoms with Crippen molar-refractivity contribution < 1.29 is 14.3 Å². The van der Waals surface area contributed by atoms with Crippen molar-refractivity contribution in [2.45, 2.75) is 4.90 Å². The van der Waals surface area contributed by atoms with Gasteiger partial charge in [-0.2, -0.15) is 0 Å². The molecule has 2 nitrogen and oxygen atoms in total. The van der Waals surface area contributed by atoms with Crippen molar-refractivity contribution in [3.05, 3.63) is 29.8 Å². The summed E-state index contributed by atoms with van der Waals surface area (Å²) in [5.74, 6) is -0.592. The highest BCUT2D eigenvalue weighted by Gasteiger charge is 2.02. The van der Waals surface area contributed by atoms with Crippen LogP contribution in [0.2, 0.25) is 0 Å². The summed E-state index contributed by atoms with van der Waals surface area (Å²) < 4.78 is 11.8. The third kappa shape index (κ3) is 3.06. The fourth-order valence-corrected chi connectivity index (χ4v) is 1.57. The highest BCUT2D eigenvalue weighted by atomic mass is 32.2. The van der Waals surface area contributed by atoms with Gasteiger partial charge in [-0.15, -0.1) is 11.8 Å². The Labute approximate surface area is 79.8 Å². The van der Waals surface area contributed by atoms with Gasteiger partial charge in [0, 0.05) is 10.6 Å². The molecule has 0 saturated carbocycles. The van der Waals surface area contributed by atoms with Crippen molar-refractivity contribution in [2.24, 2.45) is 0 Å². The van der Waals surface area contributed by atoms with Crippen LogP contribution in [0.5, 0.6) is 0 Å². The molecule has 0 aliphatic rings. The highest BCUT2D eigenvalue weighted by Crippen LogP contribution is 2.18. The second-order valence-corrected chi connectivity index (χ2v) is 3.54. The van der Waals surface area contributed by atoms with Crippen LogP contribution in [0.1, 0.15) is 10.4 Å². The molecule has 0 unspecified atom stereocenters. The normalized spacial score (nSPS) is 9.92. The maximum atomic E-state index is 11.8. The molecule has 0 aromatic heterocycles. The van der Waals surface area contributed by atoms with Gasteiger partial charge in [-0.1, -0.05) is 6.07 Å². The molecule has 1 N–H and O–H groups in total. The van der Waals surface area contributed by atoms with Gasteiger partial charge in [0.1, 0.15) is 0 Å². The van der Waals surface area contributed by atoms with Crippen LogP contribution >= 0.6 is 11.8 Å². The number of carbonyl (C=O) groups is 1. The molecule has 0 aliphatic heterocycles. The van der Waals surface area contributed by atoms with Gasteiger partial charge >= 0.3 is 5.97 Å².